The number of amides is 1. The lowest BCUT2D eigenvalue weighted by atomic mass is 10.2. The molecule has 27 heavy (non-hydrogen) atoms. The highest BCUT2D eigenvalue weighted by Gasteiger charge is 2.20. The van der Waals surface area contributed by atoms with Gasteiger partial charge in [-0.15, -0.1) is 0 Å². The molecule has 0 spiro atoms. The summed E-state index contributed by atoms with van der Waals surface area (Å²) in [6.45, 7) is 0.814. The quantitative estimate of drug-likeness (QED) is 0.516. The zero-order valence-corrected chi connectivity index (χ0v) is 18.1. The van der Waals surface area contributed by atoms with E-state index >= 15 is 0 Å². The SMILES string of the molecule is CN(CCCOc1cccc(Cl)c1)C(=O)CS(=O)(=O)Cc1cccc(Br)c1. The lowest BCUT2D eigenvalue weighted by molar-refractivity contribution is -0.127. The Bertz CT molecular complexity index is 889. The van der Waals surface area contributed by atoms with Crippen LogP contribution in [0.4, 0.5) is 0 Å². The number of ether oxygens (including phenoxy) is 1. The monoisotopic (exact) mass is 473 g/mol. The summed E-state index contributed by atoms with van der Waals surface area (Å²) in [5.74, 6) is -0.435. The fourth-order valence-corrected chi connectivity index (χ4v) is 4.42. The molecule has 0 unspecified atom stereocenters. The van der Waals surface area contributed by atoms with Crippen LogP contribution in [0.2, 0.25) is 5.02 Å². The van der Waals surface area contributed by atoms with E-state index in [1.807, 2.05) is 6.07 Å². The zero-order chi connectivity index (χ0) is 19.9. The molecule has 146 valence electrons. The minimum Gasteiger partial charge on any atom is -0.493 e. The molecule has 5 nitrogen and oxygen atoms in total. The van der Waals surface area contributed by atoms with Gasteiger partial charge in [-0.3, -0.25) is 4.79 Å². The molecule has 0 saturated heterocycles. The summed E-state index contributed by atoms with van der Waals surface area (Å²) in [5, 5.41) is 0.593. The third kappa shape index (κ3) is 7.91. The predicted molar refractivity (Wildman–Crippen MR) is 111 cm³/mol. The molecule has 1 amide bonds. The average Bonchev–Trinajstić information content (AvgIpc) is 2.57. The molecule has 0 aromatic heterocycles. The van der Waals surface area contributed by atoms with Gasteiger partial charge in [0.2, 0.25) is 5.91 Å². The highest BCUT2D eigenvalue weighted by Crippen LogP contribution is 2.17. The second-order valence-corrected chi connectivity index (χ2v) is 9.55. The molecular formula is C19H21BrClNO4S. The smallest absolute Gasteiger partial charge is 0.237 e. The standard InChI is InChI=1S/C19H21BrClNO4S/c1-22(9-4-10-26-18-8-3-7-17(21)12-18)19(23)14-27(24,25)13-15-5-2-6-16(20)11-15/h2-3,5-8,11-12H,4,9-10,13-14H2,1H3. The van der Waals surface area contributed by atoms with Crippen molar-refractivity contribution in [2.24, 2.45) is 0 Å². The topological polar surface area (TPSA) is 63.7 Å². The summed E-state index contributed by atoms with van der Waals surface area (Å²) in [7, 11) is -1.94. The van der Waals surface area contributed by atoms with Crippen LogP contribution in [0.1, 0.15) is 12.0 Å². The first-order valence-electron chi connectivity index (χ1n) is 8.32. The van der Waals surface area contributed by atoms with Crippen LogP contribution in [0.3, 0.4) is 0 Å². The van der Waals surface area contributed by atoms with Crippen LogP contribution in [-0.4, -0.2) is 45.2 Å². The van der Waals surface area contributed by atoms with Gasteiger partial charge in [0, 0.05) is 23.1 Å². The fourth-order valence-electron chi connectivity index (χ4n) is 2.40. The summed E-state index contributed by atoms with van der Waals surface area (Å²) in [5.41, 5.74) is 0.648. The Morgan fingerprint density at radius 3 is 2.63 bits per heavy atom. The van der Waals surface area contributed by atoms with Crippen molar-refractivity contribution < 1.29 is 17.9 Å². The van der Waals surface area contributed by atoms with E-state index in [9.17, 15) is 13.2 Å². The van der Waals surface area contributed by atoms with E-state index in [-0.39, 0.29) is 5.75 Å². The first-order valence-corrected chi connectivity index (χ1v) is 11.3. The first kappa shape index (κ1) is 21.7. The number of hydrogen-bond acceptors (Lipinski definition) is 4. The molecule has 2 aromatic rings. The molecule has 0 heterocycles. The number of nitrogens with zero attached hydrogens (tertiary/aromatic N) is 1. The number of carbonyl (C=O) groups is 1. The van der Waals surface area contributed by atoms with Crippen LogP contribution in [0.5, 0.6) is 5.75 Å². The number of halogens is 2. The maximum Gasteiger partial charge on any atom is 0.237 e. The van der Waals surface area contributed by atoms with Gasteiger partial charge in [-0.1, -0.05) is 45.7 Å². The van der Waals surface area contributed by atoms with E-state index < -0.39 is 21.5 Å². The van der Waals surface area contributed by atoms with E-state index in [0.717, 1.165) is 4.47 Å². The van der Waals surface area contributed by atoms with Crippen molar-refractivity contribution in [1.82, 2.24) is 4.90 Å². The Morgan fingerprint density at radius 1 is 1.19 bits per heavy atom. The Kier molecular flexibility index (Phi) is 8.13. The minimum absolute atomic E-state index is 0.163. The number of carbonyl (C=O) groups excluding carboxylic acids is 1. The summed E-state index contributed by atoms with van der Waals surface area (Å²) >= 11 is 9.20. The number of sulfone groups is 1. The molecule has 0 bridgehead atoms. The molecule has 2 rings (SSSR count). The highest BCUT2D eigenvalue weighted by molar-refractivity contribution is 9.10. The largest absolute Gasteiger partial charge is 0.493 e. The molecule has 0 saturated carbocycles. The summed E-state index contributed by atoms with van der Waals surface area (Å²) in [6.07, 6.45) is 0.584. The van der Waals surface area contributed by atoms with Crippen LogP contribution in [-0.2, 0) is 20.4 Å². The number of hydrogen-bond donors (Lipinski definition) is 0. The van der Waals surface area contributed by atoms with Gasteiger partial charge < -0.3 is 9.64 Å². The Balaban J connectivity index is 1.77. The van der Waals surface area contributed by atoms with Gasteiger partial charge in [-0.05, 0) is 42.3 Å². The van der Waals surface area contributed by atoms with Crippen LogP contribution in [0.25, 0.3) is 0 Å². The van der Waals surface area contributed by atoms with Gasteiger partial charge in [0.05, 0.1) is 12.4 Å². The Morgan fingerprint density at radius 2 is 1.93 bits per heavy atom. The van der Waals surface area contributed by atoms with Gasteiger partial charge in [0.15, 0.2) is 9.84 Å². The second kappa shape index (κ2) is 10.1. The van der Waals surface area contributed by atoms with Crippen molar-refractivity contribution in [3.05, 3.63) is 63.6 Å². The van der Waals surface area contributed by atoms with Crippen molar-refractivity contribution >= 4 is 43.3 Å². The fraction of sp³-hybridized carbons (Fsp3) is 0.316. The lowest BCUT2D eigenvalue weighted by Crippen LogP contribution is -2.34. The van der Waals surface area contributed by atoms with Crippen LogP contribution >= 0.6 is 27.5 Å². The van der Waals surface area contributed by atoms with Crippen molar-refractivity contribution in [1.29, 1.82) is 0 Å². The lowest BCUT2D eigenvalue weighted by Gasteiger charge is -2.17. The second-order valence-electron chi connectivity index (χ2n) is 6.14. The van der Waals surface area contributed by atoms with Crippen LogP contribution in [0.15, 0.2) is 53.0 Å². The molecule has 0 N–H and O–H groups in total. The maximum absolute atomic E-state index is 12.3. The van der Waals surface area contributed by atoms with Crippen molar-refractivity contribution in [2.45, 2.75) is 12.2 Å². The van der Waals surface area contributed by atoms with Gasteiger partial charge in [0.1, 0.15) is 11.5 Å². The van der Waals surface area contributed by atoms with E-state index in [4.69, 9.17) is 16.3 Å². The Labute approximate surface area is 173 Å². The molecule has 8 heteroatoms. The molecule has 0 radical (unpaired) electrons. The van der Waals surface area contributed by atoms with Crippen molar-refractivity contribution in [3.8, 4) is 5.75 Å². The van der Waals surface area contributed by atoms with E-state index in [1.54, 1.807) is 49.5 Å². The third-order valence-electron chi connectivity index (χ3n) is 3.75. The van der Waals surface area contributed by atoms with Crippen molar-refractivity contribution in [2.75, 3.05) is 26.0 Å². The van der Waals surface area contributed by atoms with E-state index in [0.29, 0.717) is 35.9 Å². The summed E-state index contributed by atoms with van der Waals surface area (Å²) in [6, 6.07) is 14.1. The molecular weight excluding hydrogens is 454 g/mol. The summed E-state index contributed by atoms with van der Waals surface area (Å²) in [4.78, 5) is 13.6. The zero-order valence-electron chi connectivity index (χ0n) is 14.9. The minimum atomic E-state index is -3.53. The van der Waals surface area contributed by atoms with Gasteiger partial charge >= 0.3 is 0 Å². The molecule has 0 fully saturated rings. The average molecular weight is 475 g/mol. The first-order chi connectivity index (χ1) is 12.7. The Hall–Kier alpha value is -1.57. The molecule has 0 aliphatic rings. The number of benzene rings is 2. The molecule has 0 aliphatic carbocycles. The van der Waals surface area contributed by atoms with E-state index in [1.165, 1.54) is 4.90 Å². The van der Waals surface area contributed by atoms with Crippen molar-refractivity contribution in [3.63, 3.8) is 0 Å². The van der Waals surface area contributed by atoms with Crippen LogP contribution in [0, 0.1) is 0 Å². The maximum atomic E-state index is 12.3. The van der Waals surface area contributed by atoms with Gasteiger partial charge in [-0.2, -0.15) is 0 Å². The molecule has 2 aromatic carbocycles. The molecule has 0 aliphatic heterocycles. The van der Waals surface area contributed by atoms with Gasteiger partial charge in [-0.25, -0.2) is 8.42 Å². The van der Waals surface area contributed by atoms with Gasteiger partial charge in [0.25, 0.3) is 0 Å². The molecule has 0 atom stereocenters. The normalized spacial score (nSPS) is 11.2. The number of rotatable bonds is 9. The highest BCUT2D eigenvalue weighted by atomic mass is 79.9. The summed E-state index contributed by atoms with van der Waals surface area (Å²) < 4.78 is 30.9. The third-order valence-corrected chi connectivity index (χ3v) is 5.94. The predicted octanol–water partition coefficient (Wildman–Crippen LogP) is 3.94. The van der Waals surface area contributed by atoms with Crippen LogP contribution < -0.4 is 4.74 Å². The van der Waals surface area contributed by atoms with E-state index in [2.05, 4.69) is 15.9 Å².